The average Bonchev–Trinajstić information content (AvgIpc) is 3.27. The third-order valence-electron chi connectivity index (χ3n) is 6.92. The molecule has 7 heteroatoms. The Morgan fingerprint density at radius 1 is 1.09 bits per heavy atom. The van der Waals surface area contributed by atoms with Crippen LogP contribution in [0.2, 0.25) is 0 Å². The molecular formula is C26H32FN3O3. The predicted molar refractivity (Wildman–Crippen MR) is 125 cm³/mol. The molecule has 2 heterocycles. The fourth-order valence-corrected chi connectivity index (χ4v) is 5.06. The second kappa shape index (κ2) is 10.4. The van der Waals surface area contributed by atoms with Crippen molar-refractivity contribution < 1.29 is 18.7 Å². The molecule has 0 spiro atoms. The largest absolute Gasteiger partial charge is 0.468 e. The van der Waals surface area contributed by atoms with E-state index in [1.807, 2.05) is 18.2 Å². The molecule has 0 radical (unpaired) electrons. The minimum atomic E-state index is -0.330. The van der Waals surface area contributed by atoms with E-state index in [0.717, 1.165) is 43.6 Å². The van der Waals surface area contributed by atoms with Crippen molar-refractivity contribution in [1.82, 2.24) is 15.1 Å². The van der Waals surface area contributed by atoms with Gasteiger partial charge in [-0.25, -0.2) is 4.39 Å². The zero-order valence-corrected chi connectivity index (χ0v) is 19.3. The summed E-state index contributed by atoms with van der Waals surface area (Å²) in [6.45, 7) is 5.91. The number of likely N-dealkylation sites (tertiary alicyclic amines) is 2. The highest BCUT2D eigenvalue weighted by atomic mass is 19.1. The molecule has 33 heavy (non-hydrogen) atoms. The van der Waals surface area contributed by atoms with E-state index in [-0.39, 0.29) is 29.8 Å². The Morgan fingerprint density at radius 3 is 2.48 bits per heavy atom. The Bertz CT molecular complexity index is 973. The third kappa shape index (κ3) is 5.42. The summed E-state index contributed by atoms with van der Waals surface area (Å²) in [6, 6.07) is 13.4. The fraction of sp³-hybridized carbons (Fsp3) is 0.462. The van der Waals surface area contributed by atoms with E-state index in [1.165, 1.54) is 19.2 Å². The van der Waals surface area contributed by atoms with Gasteiger partial charge in [0.1, 0.15) is 11.9 Å². The highest BCUT2D eigenvalue weighted by molar-refractivity contribution is 5.95. The molecule has 4 rings (SSSR count). The summed E-state index contributed by atoms with van der Waals surface area (Å²) in [5.74, 6) is -0.697. The first-order valence-corrected chi connectivity index (χ1v) is 11.7. The molecule has 2 aromatic carbocycles. The summed E-state index contributed by atoms with van der Waals surface area (Å²) in [4.78, 5) is 30.2. The van der Waals surface area contributed by atoms with Gasteiger partial charge >= 0.3 is 5.97 Å². The van der Waals surface area contributed by atoms with Crippen LogP contribution in [0.5, 0.6) is 0 Å². The molecule has 0 bridgehead atoms. The highest BCUT2D eigenvalue weighted by Gasteiger charge is 2.42. The minimum Gasteiger partial charge on any atom is -0.468 e. The lowest BCUT2D eigenvalue weighted by atomic mass is 10.0. The first-order chi connectivity index (χ1) is 16.0. The summed E-state index contributed by atoms with van der Waals surface area (Å²) >= 11 is 0. The van der Waals surface area contributed by atoms with Crippen molar-refractivity contribution >= 4 is 11.9 Å². The monoisotopic (exact) mass is 453 g/mol. The number of esters is 1. The summed E-state index contributed by atoms with van der Waals surface area (Å²) in [5.41, 5.74) is 2.24. The SMILES string of the molecule is CCN1CCC(N2C[C@H](NC(=O)c3cccc(-c4ccc(F)cc4)c3)C[C@H]2C(=O)OC)CC1. The highest BCUT2D eigenvalue weighted by Crippen LogP contribution is 2.28. The van der Waals surface area contributed by atoms with Gasteiger partial charge in [-0.05, 0) is 74.3 Å². The van der Waals surface area contributed by atoms with Crippen LogP contribution in [-0.4, -0.2) is 73.1 Å². The van der Waals surface area contributed by atoms with Crippen LogP contribution in [0.15, 0.2) is 48.5 Å². The van der Waals surface area contributed by atoms with Crippen LogP contribution < -0.4 is 5.32 Å². The van der Waals surface area contributed by atoms with E-state index in [0.29, 0.717) is 24.6 Å². The molecule has 0 aliphatic carbocycles. The number of rotatable bonds is 6. The maximum absolute atomic E-state index is 13.3. The number of ether oxygens (including phenoxy) is 1. The number of hydrogen-bond donors (Lipinski definition) is 1. The van der Waals surface area contributed by atoms with Gasteiger partial charge in [0.15, 0.2) is 0 Å². The lowest BCUT2D eigenvalue weighted by molar-refractivity contribution is -0.147. The lowest BCUT2D eigenvalue weighted by Gasteiger charge is -2.38. The van der Waals surface area contributed by atoms with Crippen LogP contribution in [0, 0.1) is 5.82 Å². The van der Waals surface area contributed by atoms with Crippen molar-refractivity contribution in [1.29, 1.82) is 0 Å². The number of carbonyl (C=O) groups excluding carboxylic acids is 2. The van der Waals surface area contributed by atoms with Gasteiger partial charge in [0.25, 0.3) is 5.91 Å². The van der Waals surface area contributed by atoms with Crippen molar-refractivity contribution in [3.05, 3.63) is 59.9 Å². The number of carbonyl (C=O) groups is 2. The van der Waals surface area contributed by atoms with E-state index in [9.17, 15) is 14.0 Å². The molecule has 1 amide bonds. The summed E-state index contributed by atoms with van der Waals surface area (Å²) in [6.07, 6.45) is 2.58. The maximum Gasteiger partial charge on any atom is 0.323 e. The smallest absolute Gasteiger partial charge is 0.323 e. The second-order valence-corrected chi connectivity index (χ2v) is 8.89. The normalized spacial score (nSPS) is 22.3. The van der Waals surface area contributed by atoms with E-state index < -0.39 is 0 Å². The Kier molecular flexibility index (Phi) is 7.40. The van der Waals surface area contributed by atoms with Crippen molar-refractivity contribution in [2.24, 2.45) is 0 Å². The average molecular weight is 454 g/mol. The van der Waals surface area contributed by atoms with Crippen molar-refractivity contribution in [3.8, 4) is 11.1 Å². The first-order valence-electron chi connectivity index (χ1n) is 11.7. The van der Waals surface area contributed by atoms with Crippen molar-refractivity contribution in [2.75, 3.05) is 33.3 Å². The quantitative estimate of drug-likeness (QED) is 0.680. The van der Waals surface area contributed by atoms with Gasteiger partial charge in [-0.1, -0.05) is 31.2 Å². The molecule has 1 N–H and O–H groups in total. The molecule has 2 atom stereocenters. The predicted octanol–water partition coefficient (Wildman–Crippen LogP) is 3.32. The fourth-order valence-electron chi connectivity index (χ4n) is 5.06. The van der Waals surface area contributed by atoms with E-state index in [4.69, 9.17) is 4.74 Å². The van der Waals surface area contributed by atoms with Crippen LogP contribution in [0.4, 0.5) is 4.39 Å². The molecule has 0 unspecified atom stereocenters. The Hall–Kier alpha value is -2.77. The topological polar surface area (TPSA) is 61.9 Å². The van der Waals surface area contributed by atoms with Gasteiger partial charge in [-0.3, -0.25) is 14.5 Å². The number of amides is 1. The van der Waals surface area contributed by atoms with E-state index >= 15 is 0 Å². The number of benzene rings is 2. The van der Waals surface area contributed by atoms with Crippen LogP contribution in [0.25, 0.3) is 11.1 Å². The summed E-state index contributed by atoms with van der Waals surface area (Å²) < 4.78 is 18.3. The number of nitrogens with one attached hydrogen (secondary N) is 1. The standard InChI is InChI=1S/C26H32FN3O3/c1-3-29-13-11-23(12-14-29)30-17-22(16-24(30)26(32)33-2)28-25(31)20-6-4-5-19(15-20)18-7-9-21(27)10-8-18/h4-10,15,22-24H,3,11-14,16-17H2,1-2H3,(H,28,31)/t22-,24+/m1/s1. The molecule has 2 aliphatic heterocycles. The van der Waals surface area contributed by atoms with Crippen LogP contribution in [0.1, 0.15) is 36.5 Å². The van der Waals surface area contributed by atoms with Crippen LogP contribution >= 0.6 is 0 Å². The van der Waals surface area contributed by atoms with Crippen molar-refractivity contribution in [2.45, 2.75) is 44.3 Å². The number of halogens is 1. The Morgan fingerprint density at radius 2 is 1.82 bits per heavy atom. The van der Waals surface area contributed by atoms with Gasteiger partial charge in [-0.2, -0.15) is 0 Å². The number of hydrogen-bond acceptors (Lipinski definition) is 5. The second-order valence-electron chi connectivity index (χ2n) is 8.89. The first kappa shape index (κ1) is 23.4. The van der Waals surface area contributed by atoms with Gasteiger partial charge in [0.05, 0.1) is 7.11 Å². The zero-order valence-electron chi connectivity index (χ0n) is 19.3. The molecule has 176 valence electrons. The van der Waals surface area contributed by atoms with E-state index in [1.54, 1.807) is 18.2 Å². The molecule has 2 fully saturated rings. The molecule has 2 aliphatic rings. The Labute approximate surface area is 194 Å². The lowest BCUT2D eigenvalue weighted by Crippen LogP contribution is -2.49. The van der Waals surface area contributed by atoms with Crippen LogP contribution in [-0.2, 0) is 9.53 Å². The van der Waals surface area contributed by atoms with Gasteiger partial charge in [0.2, 0.25) is 0 Å². The third-order valence-corrected chi connectivity index (χ3v) is 6.92. The number of piperidine rings is 1. The molecule has 2 saturated heterocycles. The molecule has 6 nitrogen and oxygen atoms in total. The maximum atomic E-state index is 13.3. The van der Waals surface area contributed by atoms with Gasteiger partial charge in [0, 0.05) is 24.2 Å². The van der Waals surface area contributed by atoms with Gasteiger partial charge in [-0.15, -0.1) is 0 Å². The minimum absolute atomic E-state index is 0.125. The molecule has 2 aromatic rings. The van der Waals surface area contributed by atoms with Crippen molar-refractivity contribution in [3.63, 3.8) is 0 Å². The number of methoxy groups -OCH3 is 1. The Balaban J connectivity index is 1.44. The van der Waals surface area contributed by atoms with E-state index in [2.05, 4.69) is 22.0 Å². The summed E-state index contributed by atoms with van der Waals surface area (Å²) in [5, 5.41) is 3.12. The zero-order chi connectivity index (χ0) is 23.4. The summed E-state index contributed by atoms with van der Waals surface area (Å²) in [7, 11) is 1.42. The van der Waals surface area contributed by atoms with Crippen LogP contribution in [0.3, 0.4) is 0 Å². The molecular weight excluding hydrogens is 421 g/mol. The number of nitrogens with zero attached hydrogens (tertiary/aromatic N) is 2. The molecule has 0 saturated carbocycles. The molecule has 0 aromatic heterocycles. The van der Waals surface area contributed by atoms with Gasteiger partial charge < -0.3 is 15.0 Å².